The van der Waals surface area contributed by atoms with E-state index in [2.05, 4.69) is 214 Å². The molecule has 2 heterocycles. The number of nitrogens with zero attached hydrogens (tertiary/aromatic N) is 2. The van der Waals surface area contributed by atoms with Crippen molar-refractivity contribution in [1.29, 1.82) is 0 Å². The van der Waals surface area contributed by atoms with Crippen molar-refractivity contribution in [3.8, 4) is 67.3 Å². The molecule has 0 spiro atoms. The van der Waals surface area contributed by atoms with Crippen molar-refractivity contribution in [1.82, 2.24) is 9.97 Å². The Labute approximate surface area is 371 Å². The minimum absolute atomic E-state index is 0.128. The molecule has 3 nitrogen and oxygen atoms in total. The lowest BCUT2D eigenvalue weighted by atomic mass is 9.81. The maximum Gasteiger partial charge on any atom is 0.160 e. The number of furan rings is 1. The van der Waals surface area contributed by atoms with E-state index in [9.17, 15) is 0 Å². The van der Waals surface area contributed by atoms with E-state index in [1.807, 2.05) is 6.07 Å². The van der Waals surface area contributed by atoms with Crippen LogP contribution in [0.2, 0.25) is 0 Å². The predicted molar refractivity (Wildman–Crippen MR) is 267 cm³/mol. The Morgan fingerprint density at radius 3 is 1.86 bits per heavy atom. The topological polar surface area (TPSA) is 38.9 Å². The average Bonchev–Trinajstić information content (AvgIpc) is 3.85. The Morgan fingerprint density at radius 2 is 1.02 bits per heavy atom. The van der Waals surface area contributed by atoms with Gasteiger partial charge in [-0.25, -0.2) is 9.97 Å². The van der Waals surface area contributed by atoms with Crippen molar-refractivity contribution in [3.63, 3.8) is 0 Å². The quantitative estimate of drug-likeness (QED) is 0.174. The predicted octanol–water partition coefficient (Wildman–Crippen LogP) is 16.5. The fourth-order valence-corrected chi connectivity index (χ4v) is 10.5. The smallest absolute Gasteiger partial charge is 0.160 e. The normalized spacial score (nSPS) is 13.0. The number of aromatic nitrogens is 2. The summed E-state index contributed by atoms with van der Waals surface area (Å²) in [6.45, 7) is 4.73. The first-order valence-electron chi connectivity index (χ1n) is 22.1. The fraction of sp³-hybridized carbons (Fsp3) is 0.0492. The van der Waals surface area contributed by atoms with Crippen LogP contribution in [0.15, 0.2) is 211 Å². The van der Waals surface area contributed by atoms with E-state index in [4.69, 9.17) is 14.4 Å². The third kappa shape index (κ3) is 5.54. The fourth-order valence-electron chi connectivity index (χ4n) is 10.5. The van der Waals surface area contributed by atoms with Crippen LogP contribution in [-0.4, -0.2) is 9.97 Å². The molecule has 0 unspecified atom stereocenters. The van der Waals surface area contributed by atoms with Crippen molar-refractivity contribution in [2.75, 3.05) is 0 Å². The standard InChI is InChI=1S/C61H40N2O/c1-61(2)52-27-13-26-49(57(52)51-34-39-18-6-7-19-40(39)35-53(51)61)47-31-32-48(46-24-11-10-23-45(46)47)55-36-54(62-60(63-55)38-16-4-3-5-17-38)42-21-12-20-41(33-42)43-25-14-28-56-58(43)50-30-29-37-15-8-9-22-44(37)59(50)64-56/h3-36H,1-2H3. The van der Waals surface area contributed by atoms with Crippen molar-refractivity contribution in [3.05, 3.63) is 217 Å². The van der Waals surface area contributed by atoms with Crippen molar-refractivity contribution in [2.24, 2.45) is 0 Å². The third-order valence-electron chi connectivity index (χ3n) is 13.7. The van der Waals surface area contributed by atoms with Gasteiger partial charge in [0.05, 0.1) is 11.4 Å². The van der Waals surface area contributed by atoms with Crippen LogP contribution < -0.4 is 0 Å². The van der Waals surface area contributed by atoms with E-state index in [1.165, 1.54) is 54.9 Å². The van der Waals surface area contributed by atoms with Gasteiger partial charge in [0.15, 0.2) is 5.82 Å². The molecule has 3 heteroatoms. The van der Waals surface area contributed by atoms with Crippen LogP contribution >= 0.6 is 0 Å². The van der Waals surface area contributed by atoms with E-state index >= 15 is 0 Å². The zero-order valence-electron chi connectivity index (χ0n) is 35.4. The summed E-state index contributed by atoms with van der Waals surface area (Å²) in [7, 11) is 0. The molecular formula is C61H40N2O. The molecule has 0 atom stereocenters. The van der Waals surface area contributed by atoms with Gasteiger partial charge in [0.25, 0.3) is 0 Å². The molecule has 300 valence electrons. The van der Waals surface area contributed by atoms with E-state index < -0.39 is 0 Å². The monoisotopic (exact) mass is 816 g/mol. The van der Waals surface area contributed by atoms with Crippen LogP contribution in [0.4, 0.5) is 0 Å². The Hall–Kier alpha value is -8.14. The number of rotatable bonds is 5. The SMILES string of the molecule is CC1(C)c2cc3ccccc3cc2-c2c(-c3ccc(-c4cc(-c5cccc(-c6cccc7oc8c9ccccc9ccc8c67)c5)nc(-c5ccccc5)n4)c4ccccc34)cccc21. The lowest BCUT2D eigenvalue weighted by Crippen LogP contribution is -2.14. The summed E-state index contributed by atoms with van der Waals surface area (Å²) in [5.74, 6) is 0.688. The number of hydrogen-bond acceptors (Lipinski definition) is 3. The van der Waals surface area contributed by atoms with Gasteiger partial charge < -0.3 is 4.42 Å². The lowest BCUT2D eigenvalue weighted by Gasteiger charge is -2.22. The van der Waals surface area contributed by atoms with E-state index in [0.29, 0.717) is 5.82 Å². The van der Waals surface area contributed by atoms with Crippen LogP contribution in [0, 0.1) is 0 Å². The van der Waals surface area contributed by atoms with Crippen LogP contribution in [0.5, 0.6) is 0 Å². The van der Waals surface area contributed by atoms with Gasteiger partial charge in [-0.3, -0.25) is 0 Å². The van der Waals surface area contributed by atoms with Crippen molar-refractivity contribution < 1.29 is 4.42 Å². The molecule has 64 heavy (non-hydrogen) atoms. The summed E-state index contributed by atoms with van der Waals surface area (Å²) < 4.78 is 6.59. The molecule has 12 aromatic rings. The molecule has 10 aromatic carbocycles. The second kappa shape index (κ2) is 13.9. The highest BCUT2D eigenvalue weighted by Crippen LogP contribution is 2.54. The van der Waals surface area contributed by atoms with Gasteiger partial charge in [-0.1, -0.05) is 184 Å². The Kier molecular flexibility index (Phi) is 7.95. The van der Waals surface area contributed by atoms with Gasteiger partial charge in [0, 0.05) is 38.3 Å². The second-order valence-corrected chi connectivity index (χ2v) is 17.7. The van der Waals surface area contributed by atoms with E-state index in [1.54, 1.807) is 0 Å². The molecular weight excluding hydrogens is 777 g/mol. The first-order valence-corrected chi connectivity index (χ1v) is 22.1. The zero-order valence-corrected chi connectivity index (χ0v) is 35.4. The first kappa shape index (κ1) is 36.5. The largest absolute Gasteiger partial charge is 0.455 e. The molecule has 0 aliphatic heterocycles. The summed E-state index contributed by atoms with van der Waals surface area (Å²) in [5, 5.41) is 9.40. The molecule has 0 fully saturated rings. The summed E-state index contributed by atoms with van der Waals surface area (Å²) in [6, 6.07) is 74.2. The highest BCUT2D eigenvalue weighted by Gasteiger charge is 2.37. The number of benzene rings is 10. The van der Waals surface area contributed by atoms with E-state index in [0.717, 1.165) is 71.9 Å². The van der Waals surface area contributed by atoms with Gasteiger partial charge in [-0.15, -0.1) is 0 Å². The van der Waals surface area contributed by atoms with Gasteiger partial charge in [-0.2, -0.15) is 0 Å². The molecule has 0 radical (unpaired) electrons. The maximum atomic E-state index is 6.59. The summed E-state index contributed by atoms with van der Waals surface area (Å²) in [6.07, 6.45) is 0. The van der Waals surface area contributed by atoms with Gasteiger partial charge in [0.2, 0.25) is 0 Å². The van der Waals surface area contributed by atoms with Crippen LogP contribution in [-0.2, 0) is 5.41 Å². The molecule has 0 saturated heterocycles. The lowest BCUT2D eigenvalue weighted by molar-refractivity contribution is 0.661. The maximum absolute atomic E-state index is 6.59. The Bertz CT molecular complexity index is 3880. The molecule has 1 aliphatic rings. The Morgan fingerprint density at radius 1 is 0.375 bits per heavy atom. The first-order chi connectivity index (χ1) is 31.5. The summed E-state index contributed by atoms with van der Waals surface area (Å²) in [5.41, 5.74) is 16.5. The van der Waals surface area contributed by atoms with Crippen molar-refractivity contribution >= 4 is 54.3 Å². The highest BCUT2D eigenvalue weighted by molar-refractivity contribution is 6.19. The molecule has 0 saturated carbocycles. The second-order valence-electron chi connectivity index (χ2n) is 17.7. The third-order valence-corrected chi connectivity index (χ3v) is 13.7. The molecule has 0 amide bonds. The van der Waals surface area contributed by atoms with Gasteiger partial charge in [-0.05, 0) is 108 Å². The summed E-state index contributed by atoms with van der Waals surface area (Å²) in [4.78, 5) is 10.6. The van der Waals surface area contributed by atoms with Crippen LogP contribution in [0.25, 0.3) is 122 Å². The zero-order chi connectivity index (χ0) is 42.5. The minimum atomic E-state index is -0.128. The molecule has 2 aromatic heterocycles. The van der Waals surface area contributed by atoms with Gasteiger partial charge >= 0.3 is 0 Å². The molecule has 1 aliphatic carbocycles. The van der Waals surface area contributed by atoms with Gasteiger partial charge in [0.1, 0.15) is 11.2 Å². The van der Waals surface area contributed by atoms with E-state index in [-0.39, 0.29) is 5.41 Å². The average molecular weight is 817 g/mol. The minimum Gasteiger partial charge on any atom is -0.455 e. The highest BCUT2D eigenvalue weighted by atomic mass is 16.3. The van der Waals surface area contributed by atoms with Crippen LogP contribution in [0.1, 0.15) is 25.0 Å². The molecule has 0 bridgehead atoms. The van der Waals surface area contributed by atoms with Crippen LogP contribution in [0.3, 0.4) is 0 Å². The summed E-state index contributed by atoms with van der Waals surface area (Å²) >= 11 is 0. The Balaban J connectivity index is 0.977. The number of fused-ring (bicyclic) bond motifs is 10. The number of hydrogen-bond donors (Lipinski definition) is 0. The molecule has 0 N–H and O–H groups in total. The molecule has 13 rings (SSSR count). The van der Waals surface area contributed by atoms with Crippen molar-refractivity contribution in [2.45, 2.75) is 19.3 Å².